The molecule has 0 atom stereocenters. The summed E-state index contributed by atoms with van der Waals surface area (Å²) in [5.41, 5.74) is 1.10. The summed E-state index contributed by atoms with van der Waals surface area (Å²) in [5.74, 6) is 0.372. The SMILES string of the molecule is N#CCN(CC#N)c1nc2ccccc2cc1C=O. The Hall–Kier alpha value is -2.92. The zero-order valence-electron chi connectivity index (χ0n) is 10.1. The molecule has 0 aliphatic rings. The van der Waals surface area contributed by atoms with Crippen molar-refractivity contribution < 1.29 is 4.79 Å². The van der Waals surface area contributed by atoms with Crippen LogP contribution in [0.3, 0.4) is 0 Å². The number of fused-ring (bicyclic) bond motifs is 1. The average Bonchev–Trinajstić information content (AvgIpc) is 2.45. The van der Waals surface area contributed by atoms with Gasteiger partial charge in [0, 0.05) is 5.39 Å². The molecule has 1 aromatic carbocycles. The van der Waals surface area contributed by atoms with E-state index in [1.165, 1.54) is 4.90 Å². The summed E-state index contributed by atoms with van der Waals surface area (Å²) >= 11 is 0. The van der Waals surface area contributed by atoms with Crippen molar-refractivity contribution in [3.63, 3.8) is 0 Å². The molecule has 2 aromatic rings. The molecule has 0 saturated heterocycles. The Balaban J connectivity index is 2.60. The Morgan fingerprint density at radius 1 is 1.21 bits per heavy atom. The molecule has 1 aromatic heterocycles. The van der Waals surface area contributed by atoms with Crippen molar-refractivity contribution in [1.29, 1.82) is 10.5 Å². The number of carbonyl (C=O) groups is 1. The first-order valence-corrected chi connectivity index (χ1v) is 5.64. The lowest BCUT2D eigenvalue weighted by molar-refractivity contribution is 0.112. The van der Waals surface area contributed by atoms with Gasteiger partial charge in [0.05, 0.1) is 23.2 Å². The molecular formula is C14H10N4O. The van der Waals surface area contributed by atoms with E-state index in [1.54, 1.807) is 6.07 Å². The fraction of sp³-hybridized carbons (Fsp3) is 0.143. The van der Waals surface area contributed by atoms with Crippen LogP contribution in [0.2, 0.25) is 0 Å². The highest BCUT2D eigenvalue weighted by Crippen LogP contribution is 2.22. The quantitative estimate of drug-likeness (QED) is 0.611. The van der Waals surface area contributed by atoms with E-state index in [2.05, 4.69) is 4.98 Å². The Kier molecular flexibility index (Phi) is 3.70. The lowest BCUT2D eigenvalue weighted by Gasteiger charge is -2.19. The van der Waals surface area contributed by atoms with Gasteiger partial charge in [-0.15, -0.1) is 0 Å². The maximum atomic E-state index is 11.2. The number of carbonyl (C=O) groups excluding carboxylic acids is 1. The summed E-state index contributed by atoms with van der Waals surface area (Å²) < 4.78 is 0. The van der Waals surface area contributed by atoms with Crippen LogP contribution in [0.4, 0.5) is 5.82 Å². The third kappa shape index (κ3) is 2.51. The smallest absolute Gasteiger partial charge is 0.153 e. The van der Waals surface area contributed by atoms with E-state index >= 15 is 0 Å². The number of nitriles is 2. The fourth-order valence-corrected chi connectivity index (χ4v) is 1.84. The molecule has 1 heterocycles. The summed E-state index contributed by atoms with van der Waals surface area (Å²) in [4.78, 5) is 17.0. The van der Waals surface area contributed by atoms with Crippen LogP contribution < -0.4 is 4.90 Å². The van der Waals surface area contributed by atoms with Crippen molar-refractivity contribution in [2.45, 2.75) is 0 Å². The van der Waals surface area contributed by atoms with E-state index in [4.69, 9.17) is 10.5 Å². The Labute approximate surface area is 110 Å². The highest BCUT2D eigenvalue weighted by Gasteiger charge is 2.13. The molecule has 0 amide bonds. The summed E-state index contributed by atoms with van der Waals surface area (Å²) in [7, 11) is 0. The standard InChI is InChI=1S/C14H10N4O/c15-5-7-18(8-6-16)14-12(10-19)9-11-3-1-2-4-13(11)17-14/h1-4,9-10H,7-8H2. The minimum Gasteiger partial charge on any atom is -0.329 e. The summed E-state index contributed by atoms with van der Waals surface area (Å²) in [5, 5.41) is 18.4. The molecule has 5 nitrogen and oxygen atoms in total. The minimum absolute atomic E-state index is 0.0136. The van der Waals surface area contributed by atoms with Gasteiger partial charge in [-0.2, -0.15) is 10.5 Å². The normalized spacial score (nSPS) is 9.58. The van der Waals surface area contributed by atoms with Crippen LogP contribution >= 0.6 is 0 Å². The van der Waals surface area contributed by atoms with E-state index in [-0.39, 0.29) is 13.1 Å². The van der Waals surface area contributed by atoms with Gasteiger partial charge >= 0.3 is 0 Å². The molecule has 19 heavy (non-hydrogen) atoms. The largest absolute Gasteiger partial charge is 0.329 e. The summed E-state index contributed by atoms with van der Waals surface area (Å²) in [6.45, 7) is 0.0273. The van der Waals surface area contributed by atoms with Crippen molar-refractivity contribution >= 4 is 23.0 Å². The molecule has 0 radical (unpaired) electrons. The number of hydrogen-bond donors (Lipinski definition) is 0. The number of benzene rings is 1. The second-order valence-corrected chi connectivity index (χ2v) is 3.88. The lowest BCUT2D eigenvalue weighted by atomic mass is 10.1. The number of anilines is 1. The predicted molar refractivity (Wildman–Crippen MR) is 70.6 cm³/mol. The highest BCUT2D eigenvalue weighted by atomic mass is 16.1. The summed E-state index contributed by atoms with van der Waals surface area (Å²) in [6.07, 6.45) is 0.691. The molecule has 0 N–H and O–H groups in total. The molecule has 0 unspecified atom stereocenters. The van der Waals surface area contributed by atoms with E-state index in [9.17, 15) is 4.79 Å². The molecule has 0 fully saturated rings. The second-order valence-electron chi connectivity index (χ2n) is 3.88. The number of para-hydroxylation sites is 1. The van der Waals surface area contributed by atoms with Gasteiger partial charge in [0.25, 0.3) is 0 Å². The van der Waals surface area contributed by atoms with Crippen LogP contribution in [0.15, 0.2) is 30.3 Å². The van der Waals surface area contributed by atoms with Crippen LogP contribution in [0, 0.1) is 22.7 Å². The first-order valence-electron chi connectivity index (χ1n) is 5.64. The van der Waals surface area contributed by atoms with E-state index in [1.807, 2.05) is 36.4 Å². The van der Waals surface area contributed by atoms with Gasteiger partial charge in [-0.25, -0.2) is 4.98 Å². The van der Waals surface area contributed by atoms with Crippen LogP contribution in [0.5, 0.6) is 0 Å². The molecular weight excluding hydrogens is 240 g/mol. The van der Waals surface area contributed by atoms with Crippen molar-refractivity contribution in [2.24, 2.45) is 0 Å². The van der Waals surface area contributed by atoms with Crippen molar-refractivity contribution in [2.75, 3.05) is 18.0 Å². The molecule has 92 valence electrons. The molecule has 0 spiro atoms. The van der Waals surface area contributed by atoms with E-state index in [0.29, 0.717) is 17.7 Å². The lowest BCUT2D eigenvalue weighted by Crippen LogP contribution is -2.26. The predicted octanol–water partition coefficient (Wildman–Crippen LogP) is 1.90. The average molecular weight is 250 g/mol. The van der Waals surface area contributed by atoms with Gasteiger partial charge in [-0.05, 0) is 12.1 Å². The molecule has 5 heteroatoms. The van der Waals surface area contributed by atoms with Gasteiger partial charge < -0.3 is 4.90 Å². The third-order valence-corrected chi connectivity index (χ3v) is 2.68. The van der Waals surface area contributed by atoms with Gasteiger partial charge in [0.15, 0.2) is 6.29 Å². The maximum absolute atomic E-state index is 11.2. The van der Waals surface area contributed by atoms with Crippen LogP contribution in [-0.2, 0) is 0 Å². The van der Waals surface area contributed by atoms with E-state index in [0.717, 1.165) is 10.9 Å². The Morgan fingerprint density at radius 3 is 2.53 bits per heavy atom. The second kappa shape index (κ2) is 5.61. The van der Waals surface area contributed by atoms with Gasteiger partial charge in [-0.3, -0.25) is 4.79 Å². The number of nitrogens with zero attached hydrogens (tertiary/aromatic N) is 4. The molecule has 0 aliphatic heterocycles. The monoisotopic (exact) mass is 250 g/mol. The van der Waals surface area contributed by atoms with Crippen molar-refractivity contribution in [3.8, 4) is 12.1 Å². The Bertz CT molecular complexity index is 681. The number of pyridine rings is 1. The van der Waals surface area contributed by atoms with E-state index < -0.39 is 0 Å². The minimum atomic E-state index is 0.0136. The highest BCUT2D eigenvalue weighted by molar-refractivity contribution is 5.91. The van der Waals surface area contributed by atoms with Crippen molar-refractivity contribution in [3.05, 3.63) is 35.9 Å². The van der Waals surface area contributed by atoms with Gasteiger partial charge in [0.1, 0.15) is 18.9 Å². The number of aromatic nitrogens is 1. The maximum Gasteiger partial charge on any atom is 0.153 e. The molecule has 2 rings (SSSR count). The van der Waals surface area contributed by atoms with Gasteiger partial charge in [-0.1, -0.05) is 18.2 Å². The number of hydrogen-bond acceptors (Lipinski definition) is 5. The molecule has 0 saturated carbocycles. The zero-order chi connectivity index (χ0) is 13.7. The fourth-order valence-electron chi connectivity index (χ4n) is 1.84. The molecule has 0 bridgehead atoms. The summed E-state index contributed by atoms with van der Waals surface area (Å²) in [6, 6.07) is 13.0. The third-order valence-electron chi connectivity index (χ3n) is 2.68. The Morgan fingerprint density at radius 2 is 1.89 bits per heavy atom. The first kappa shape index (κ1) is 12.5. The first-order chi connectivity index (χ1) is 9.30. The molecule has 0 aliphatic carbocycles. The van der Waals surface area contributed by atoms with Crippen LogP contribution in [0.25, 0.3) is 10.9 Å². The van der Waals surface area contributed by atoms with Crippen LogP contribution in [-0.4, -0.2) is 24.4 Å². The zero-order valence-corrected chi connectivity index (χ0v) is 10.1. The number of rotatable bonds is 4. The van der Waals surface area contributed by atoms with Gasteiger partial charge in [0.2, 0.25) is 0 Å². The topological polar surface area (TPSA) is 80.8 Å². The van der Waals surface area contributed by atoms with Crippen molar-refractivity contribution in [1.82, 2.24) is 4.98 Å². The number of aldehydes is 1. The van der Waals surface area contributed by atoms with Crippen LogP contribution in [0.1, 0.15) is 10.4 Å².